The minimum atomic E-state index is 0.852. The maximum atomic E-state index is 5.27. The van der Waals surface area contributed by atoms with Crippen LogP contribution in [0.3, 0.4) is 0 Å². The van der Waals surface area contributed by atoms with Crippen LogP contribution in [0.2, 0.25) is 0 Å². The van der Waals surface area contributed by atoms with Crippen molar-refractivity contribution in [3.8, 4) is 5.75 Å². The molecule has 0 radical (unpaired) electrons. The Labute approximate surface area is 107 Å². The number of benzene rings is 2. The van der Waals surface area contributed by atoms with E-state index in [-0.39, 0.29) is 0 Å². The molecule has 0 heterocycles. The summed E-state index contributed by atoms with van der Waals surface area (Å²) in [5.74, 6) is 0.881. The van der Waals surface area contributed by atoms with E-state index in [1.807, 2.05) is 56.3 Å². The van der Waals surface area contributed by atoms with Crippen molar-refractivity contribution in [3.63, 3.8) is 0 Å². The van der Waals surface area contributed by atoms with Crippen LogP contribution in [-0.2, 0) is 0 Å². The Hall–Kier alpha value is -2.16. The predicted octanol–water partition coefficient (Wildman–Crippen LogP) is 4.73. The van der Waals surface area contributed by atoms with E-state index in [9.17, 15) is 0 Å². The van der Waals surface area contributed by atoms with Crippen LogP contribution < -0.4 is 4.74 Å². The molecular weight excluding hydrogens is 224 g/mol. The molecule has 0 aliphatic carbocycles. The molecule has 3 heteroatoms. The number of aryl methyl sites for hydroxylation is 2. The molecule has 0 atom stereocenters. The Morgan fingerprint density at radius 2 is 1.61 bits per heavy atom. The lowest BCUT2D eigenvalue weighted by molar-refractivity contribution is 0.411. The lowest BCUT2D eigenvalue weighted by Gasteiger charge is -2.07. The molecule has 0 aliphatic heterocycles. The Morgan fingerprint density at radius 1 is 0.889 bits per heavy atom. The highest BCUT2D eigenvalue weighted by molar-refractivity contribution is 5.53. The normalized spacial score (nSPS) is 10.8. The van der Waals surface area contributed by atoms with E-state index in [0.717, 1.165) is 28.3 Å². The number of ether oxygens (including phenoxy) is 1. The molecule has 0 unspecified atom stereocenters. The summed E-state index contributed by atoms with van der Waals surface area (Å²) in [5, 5.41) is 8.50. The molecule has 0 amide bonds. The molecule has 92 valence electrons. The maximum absolute atomic E-state index is 5.27. The first-order valence-corrected chi connectivity index (χ1v) is 5.82. The fourth-order valence-electron chi connectivity index (χ4n) is 1.71. The Kier molecular flexibility index (Phi) is 3.72. The van der Waals surface area contributed by atoms with E-state index in [4.69, 9.17) is 4.74 Å². The van der Waals surface area contributed by atoms with Crippen LogP contribution in [0.25, 0.3) is 0 Å². The number of azo groups is 1. The van der Waals surface area contributed by atoms with Gasteiger partial charge in [0.05, 0.1) is 18.5 Å². The van der Waals surface area contributed by atoms with E-state index in [0.29, 0.717) is 0 Å². The SMILES string of the molecule is COc1cc(C)c(N=Nc2ccccc2)cc1C. The van der Waals surface area contributed by atoms with Crippen molar-refractivity contribution in [2.24, 2.45) is 10.2 Å². The molecular formula is C15H16N2O. The highest BCUT2D eigenvalue weighted by Gasteiger charge is 2.03. The average molecular weight is 240 g/mol. The molecule has 0 aliphatic rings. The summed E-state index contributed by atoms with van der Waals surface area (Å²) in [6.07, 6.45) is 0. The number of hydrogen-bond donors (Lipinski definition) is 0. The lowest BCUT2D eigenvalue weighted by Crippen LogP contribution is -1.88. The van der Waals surface area contributed by atoms with Crippen molar-refractivity contribution in [2.75, 3.05) is 7.11 Å². The van der Waals surface area contributed by atoms with Gasteiger partial charge in [0.1, 0.15) is 5.75 Å². The lowest BCUT2D eigenvalue weighted by atomic mass is 10.1. The van der Waals surface area contributed by atoms with Crippen LogP contribution in [0.5, 0.6) is 5.75 Å². The third-order valence-corrected chi connectivity index (χ3v) is 2.74. The van der Waals surface area contributed by atoms with Gasteiger partial charge in [-0.05, 0) is 49.2 Å². The second kappa shape index (κ2) is 5.45. The first kappa shape index (κ1) is 12.3. The highest BCUT2D eigenvalue weighted by atomic mass is 16.5. The molecule has 0 aromatic heterocycles. The van der Waals surface area contributed by atoms with Crippen LogP contribution in [0.15, 0.2) is 52.7 Å². The zero-order chi connectivity index (χ0) is 13.0. The molecule has 0 spiro atoms. The van der Waals surface area contributed by atoms with Gasteiger partial charge in [-0.2, -0.15) is 10.2 Å². The third-order valence-electron chi connectivity index (χ3n) is 2.74. The second-order valence-electron chi connectivity index (χ2n) is 4.14. The van der Waals surface area contributed by atoms with Crippen LogP contribution in [0, 0.1) is 13.8 Å². The Bertz CT molecular complexity index is 562. The van der Waals surface area contributed by atoms with Gasteiger partial charge in [-0.25, -0.2) is 0 Å². The number of hydrogen-bond acceptors (Lipinski definition) is 3. The predicted molar refractivity (Wildman–Crippen MR) is 73.1 cm³/mol. The molecule has 0 fully saturated rings. The van der Waals surface area contributed by atoms with Gasteiger partial charge in [-0.1, -0.05) is 18.2 Å². The molecule has 3 nitrogen and oxygen atoms in total. The van der Waals surface area contributed by atoms with Gasteiger partial charge in [0, 0.05) is 0 Å². The molecule has 2 aromatic rings. The van der Waals surface area contributed by atoms with E-state index >= 15 is 0 Å². The fraction of sp³-hybridized carbons (Fsp3) is 0.200. The van der Waals surface area contributed by atoms with Gasteiger partial charge in [-0.15, -0.1) is 0 Å². The first-order valence-electron chi connectivity index (χ1n) is 5.82. The molecule has 0 saturated heterocycles. The summed E-state index contributed by atoms with van der Waals surface area (Å²) >= 11 is 0. The van der Waals surface area contributed by atoms with Crippen LogP contribution in [0.1, 0.15) is 11.1 Å². The zero-order valence-corrected chi connectivity index (χ0v) is 10.8. The quantitative estimate of drug-likeness (QED) is 0.714. The Balaban J connectivity index is 2.30. The van der Waals surface area contributed by atoms with E-state index < -0.39 is 0 Å². The summed E-state index contributed by atoms with van der Waals surface area (Å²) in [6, 6.07) is 13.7. The van der Waals surface area contributed by atoms with E-state index in [2.05, 4.69) is 10.2 Å². The van der Waals surface area contributed by atoms with Crippen molar-refractivity contribution >= 4 is 11.4 Å². The fourth-order valence-corrected chi connectivity index (χ4v) is 1.71. The summed E-state index contributed by atoms with van der Waals surface area (Å²) in [6.45, 7) is 4.00. The first-order chi connectivity index (χ1) is 8.70. The van der Waals surface area contributed by atoms with Crippen molar-refractivity contribution in [1.82, 2.24) is 0 Å². The largest absolute Gasteiger partial charge is 0.496 e. The zero-order valence-electron chi connectivity index (χ0n) is 10.8. The van der Waals surface area contributed by atoms with E-state index in [1.165, 1.54) is 0 Å². The molecule has 0 N–H and O–H groups in total. The minimum absolute atomic E-state index is 0.852. The molecule has 18 heavy (non-hydrogen) atoms. The number of rotatable bonds is 3. The second-order valence-corrected chi connectivity index (χ2v) is 4.14. The van der Waals surface area contributed by atoms with Gasteiger partial charge in [0.25, 0.3) is 0 Å². The van der Waals surface area contributed by atoms with Crippen molar-refractivity contribution < 1.29 is 4.74 Å². The van der Waals surface area contributed by atoms with Crippen LogP contribution in [0.4, 0.5) is 11.4 Å². The van der Waals surface area contributed by atoms with Crippen LogP contribution >= 0.6 is 0 Å². The molecule has 0 saturated carbocycles. The van der Waals surface area contributed by atoms with Gasteiger partial charge < -0.3 is 4.74 Å². The van der Waals surface area contributed by atoms with Crippen molar-refractivity contribution in [1.29, 1.82) is 0 Å². The number of nitrogens with zero attached hydrogens (tertiary/aromatic N) is 2. The molecule has 0 bridgehead atoms. The van der Waals surface area contributed by atoms with Gasteiger partial charge in [0.2, 0.25) is 0 Å². The average Bonchev–Trinajstić information content (AvgIpc) is 2.40. The maximum Gasteiger partial charge on any atom is 0.122 e. The summed E-state index contributed by atoms with van der Waals surface area (Å²) < 4.78 is 5.27. The molecule has 2 rings (SSSR count). The topological polar surface area (TPSA) is 34.0 Å². The molecule has 2 aromatic carbocycles. The smallest absolute Gasteiger partial charge is 0.122 e. The summed E-state index contributed by atoms with van der Waals surface area (Å²) in [5.41, 5.74) is 3.84. The third kappa shape index (κ3) is 2.74. The highest BCUT2D eigenvalue weighted by Crippen LogP contribution is 2.29. The van der Waals surface area contributed by atoms with Gasteiger partial charge >= 0.3 is 0 Å². The monoisotopic (exact) mass is 240 g/mol. The van der Waals surface area contributed by atoms with Crippen molar-refractivity contribution in [3.05, 3.63) is 53.6 Å². The Morgan fingerprint density at radius 3 is 2.28 bits per heavy atom. The van der Waals surface area contributed by atoms with Crippen molar-refractivity contribution in [2.45, 2.75) is 13.8 Å². The van der Waals surface area contributed by atoms with Gasteiger partial charge in [-0.3, -0.25) is 0 Å². The summed E-state index contributed by atoms with van der Waals surface area (Å²) in [4.78, 5) is 0. The van der Waals surface area contributed by atoms with Crippen LogP contribution in [-0.4, -0.2) is 7.11 Å². The standard InChI is InChI=1S/C15H16N2O/c1-11-10-15(18-3)12(2)9-14(11)17-16-13-7-5-4-6-8-13/h4-10H,1-3H3. The summed E-state index contributed by atoms with van der Waals surface area (Å²) in [7, 11) is 1.67. The number of methoxy groups -OCH3 is 1. The van der Waals surface area contributed by atoms with E-state index in [1.54, 1.807) is 7.11 Å². The van der Waals surface area contributed by atoms with Gasteiger partial charge in [0.15, 0.2) is 0 Å². The minimum Gasteiger partial charge on any atom is -0.496 e.